The molecule has 1 aliphatic heterocycles. The van der Waals surface area contributed by atoms with Gasteiger partial charge in [0.25, 0.3) is 0 Å². The molecule has 3 N–H and O–H groups in total. The maximum atomic E-state index is 12.1. The average molecular weight is 324 g/mol. The first-order chi connectivity index (χ1) is 10.7. The predicted octanol–water partition coefficient (Wildman–Crippen LogP) is 3.03. The Morgan fingerprint density at radius 1 is 1.18 bits per heavy atom. The minimum atomic E-state index is 0.0414. The van der Waals surface area contributed by atoms with E-state index in [4.69, 9.17) is 15.2 Å². The van der Waals surface area contributed by atoms with Crippen LogP contribution >= 0.6 is 11.8 Å². The van der Waals surface area contributed by atoms with E-state index < -0.39 is 0 Å². The second-order valence-corrected chi connectivity index (χ2v) is 6.05. The summed E-state index contributed by atoms with van der Waals surface area (Å²) in [7, 11) is 0. The van der Waals surface area contributed by atoms with Crippen molar-refractivity contribution in [2.75, 3.05) is 31.3 Å². The number of ether oxygens (including phenoxy) is 2. The lowest BCUT2D eigenvalue weighted by Crippen LogP contribution is -2.17. The summed E-state index contributed by atoms with van der Waals surface area (Å²) >= 11 is 1.58. The highest BCUT2D eigenvalue weighted by molar-refractivity contribution is 7.98. The molecule has 0 aromatic heterocycles. The Morgan fingerprint density at radius 3 is 2.55 bits per heavy atom. The summed E-state index contributed by atoms with van der Waals surface area (Å²) in [5, 5.41) is 2.98. The molecule has 2 rings (SSSR count). The third-order valence-corrected chi connectivity index (χ3v) is 4.27. The molecule has 0 aliphatic carbocycles. The van der Waals surface area contributed by atoms with Crippen molar-refractivity contribution in [3.05, 3.63) is 12.1 Å². The molecule has 0 saturated heterocycles. The Labute approximate surface area is 135 Å². The smallest absolute Gasteiger partial charge is 0.224 e. The summed E-state index contributed by atoms with van der Waals surface area (Å²) in [5.74, 6) is 1.48. The van der Waals surface area contributed by atoms with Gasteiger partial charge in [0.1, 0.15) is 13.2 Å². The van der Waals surface area contributed by atoms with Crippen molar-refractivity contribution in [2.45, 2.75) is 37.0 Å². The van der Waals surface area contributed by atoms with Gasteiger partial charge in [-0.15, -0.1) is 11.8 Å². The minimum Gasteiger partial charge on any atom is -0.486 e. The molecular weight excluding hydrogens is 300 g/mol. The number of carbonyl (C=O) groups is 1. The van der Waals surface area contributed by atoms with Crippen LogP contribution < -0.4 is 20.5 Å². The quantitative estimate of drug-likeness (QED) is 0.568. The molecule has 0 unspecified atom stereocenters. The highest BCUT2D eigenvalue weighted by Gasteiger charge is 2.16. The monoisotopic (exact) mass is 324 g/mol. The molecular formula is C16H24N2O3S. The van der Waals surface area contributed by atoms with Crippen LogP contribution in [0.15, 0.2) is 17.0 Å². The fourth-order valence-electron chi connectivity index (χ4n) is 2.33. The molecule has 0 fully saturated rings. The summed E-state index contributed by atoms with van der Waals surface area (Å²) in [4.78, 5) is 13.1. The number of fused-ring (bicyclic) bond motifs is 1. The van der Waals surface area contributed by atoms with Crippen LogP contribution in [0.5, 0.6) is 11.5 Å². The van der Waals surface area contributed by atoms with E-state index in [9.17, 15) is 4.79 Å². The van der Waals surface area contributed by atoms with Crippen LogP contribution in [0, 0.1) is 0 Å². The maximum absolute atomic E-state index is 12.1. The van der Waals surface area contributed by atoms with Crippen LogP contribution in [-0.2, 0) is 4.79 Å². The first-order valence-electron chi connectivity index (χ1n) is 7.72. The van der Waals surface area contributed by atoms with Gasteiger partial charge in [-0.2, -0.15) is 0 Å². The summed E-state index contributed by atoms with van der Waals surface area (Å²) in [6, 6.07) is 3.78. The highest BCUT2D eigenvalue weighted by atomic mass is 32.2. The van der Waals surface area contributed by atoms with Gasteiger partial charge in [0.2, 0.25) is 5.91 Å². The largest absolute Gasteiger partial charge is 0.486 e. The summed E-state index contributed by atoms with van der Waals surface area (Å²) < 4.78 is 11.1. The van der Waals surface area contributed by atoms with E-state index in [0.29, 0.717) is 25.4 Å². The van der Waals surface area contributed by atoms with Crippen molar-refractivity contribution in [2.24, 2.45) is 5.73 Å². The number of amides is 1. The average Bonchev–Trinajstić information content (AvgIpc) is 2.54. The van der Waals surface area contributed by atoms with E-state index >= 15 is 0 Å². The van der Waals surface area contributed by atoms with Crippen LogP contribution in [0.3, 0.4) is 0 Å². The first kappa shape index (κ1) is 17.0. The topological polar surface area (TPSA) is 73.6 Å². The van der Waals surface area contributed by atoms with E-state index in [2.05, 4.69) is 5.32 Å². The zero-order valence-corrected chi connectivity index (χ0v) is 13.8. The lowest BCUT2D eigenvalue weighted by molar-refractivity contribution is -0.116. The number of hydrogen-bond donors (Lipinski definition) is 2. The van der Waals surface area contributed by atoms with Crippen LogP contribution in [0.4, 0.5) is 5.69 Å². The lowest BCUT2D eigenvalue weighted by Gasteiger charge is -2.21. The van der Waals surface area contributed by atoms with Gasteiger partial charge in [0, 0.05) is 17.4 Å². The van der Waals surface area contributed by atoms with Gasteiger partial charge in [0.05, 0.1) is 5.69 Å². The van der Waals surface area contributed by atoms with Crippen LogP contribution in [0.1, 0.15) is 32.1 Å². The Morgan fingerprint density at radius 2 is 1.86 bits per heavy atom. The molecule has 0 bridgehead atoms. The van der Waals surface area contributed by atoms with Gasteiger partial charge in [-0.25, -0.2) is 0 Å². The number of nitrogens with one attached hydrogen (secondary N) is 1. The number of anilines is 1. The number of rotatable bonds is 8. The molecule has 1 heterocycles. The fraction of sp³-hybridized carbons (Fsp3) is 0.562. The Hall–Kier alpha value is -1.40. The Balaban J connectivity index is 1.92. The zero-order valence-electron chi connectivity index (χ0n) is 13.0. The number of hydrogen-bond acceptors (Lipinski definition) is 5. The normalized spacial score (nSPS) is 13.0. The third kappa shape index (κ3) is 4.81. The molecule has 1 aromatic carbocycles. The van der Waals surface area contributed by atoms with E-state index in [-0.39, 0.29) is 5.91 Å². The van der Waals surface area contributed by atoms with Gasteiger partial charge in [-0.3, -0.25) is 4.79 Å². The second kappa shape index (κ2) is 8.90. The van der Waals surface area contributed by atoms with E-state index in [1.807, 2.05) is 18.4 Å². The number of thioether (sulfide) groups is 1. The van der Waals surface area contributed by atoms with E-state index in [1.165, 1.54) is 0 Å². The third-order valence-electron chi connectivity index (χ3n) is 3.50. The van der Waals surface area contributed by atoms with Crippen molar-refractivity contribution >= 4 is 23.4 Å². The molecule has 1 aliphatic rings. The summed E-state index contributed by atoms with van der Waals surface area (Å²) in [6.07, 6.45) is 6.57. The number of carbonyl (C=O) groups excluding carboxylic acids is 1. The Kier molecular flexibility index (Phi) is 6.86. The molecule has 122 valence electrons. The fourth-order valence-corrected chi connectivity index (χ4v) is 2.89. The second-order valence-electron chi connectivity index (χ2n) is 5.20. The molecule has 0 spiro atoms. The molecule has 5 nitrogen and oxygen atoms in total. The van der Waals surface area contributed by atoms with Crippen molar-refractivity contribution in [3.8, 4) is 11.5 Å². The molecule has 1 amide bonds. The standard InChI is InChI=1S/C16H24N2O3S/c1-22-15-11-14-13(20-8-9-21-14)10-12(15)18-16(19)6-4-2-3-5-7-17/h10-11H,2-9,17H2,1H3,(H,18,19). The van der Waals surface area contributed by atoms with Gasteiger partial charge < -0.3 is 20.5 Å². The first-order valence-corrected chi connectivity index (χ1v) is 8.94. The Bertz CT molecular complexity index is 508. The molecule has 0 radical (unpaired) electrons. The van der Waals surface area contributed by atoms with E-state index in [1.54, 1.807) is 11.8 Å². The zero-order chi connectivity index (χ0) is 15.8. The van der Waals surface area contributed by atoms with Crippen LogP contribution in [0.25, 0.3) is 0 Å². The van der Waals surface area contributed by atoms with Crippen molar-refractivity contribution in [1.29, 1.82) is 0 Å². The maximum Gasteiger partial charge on any atom is 0.224 e. The molecule has 1 aromatic rings. The van der Waals surface area contributed by atoms with Gasteiger partial charge in [-0.05, 0) is 31.7 Å². The molecule has 6 heteroatoms. The van der Waals surface area contributed by atoms with E-state index in [0.717, 1.165) is 48.6 Å². The lowest BCUT2D eigenvalue weighted by atomic mass is 10.1. The highest BCUT2D eigenvalue weighted by Crippen LogP contribution is 2.39. The van der Waals surface area contributed by atoms with Crippen molar-refractivity contribution in [1.82, 2.24) is 0 Å². The number of benzene rings is 1. The van der Waals surface area contributed by atoms with Crippen LogP contribution in [0.2, 0.25) is 0 Å². The van der Waals surface area contributed by atoms with Crippen molar-refractivity contribution < 1.29 is 14.3 Å². The number of unbranched alkanes of at least 4 members (excludes halogenated alkanes) is 3. The van der Waals surface area contributed by atoms with Gasteiger partial charge >= 0.3 is 0 Å². The SMILES string of the molecule is CSc1cc2c(cc1NC(=O)CCCCCCN)OCCO2. The summed E-state index contributed by atoms with van der Waals surface area (Å²) in [5.41, 5.74) is 6.25. The molecule has 22 heavy (non-hydrogen) atoms. The summed E-state index contributed by atoms with van der Waals surface area (Å²) in [6.45, 7) is 1.83. The van der Waals surface area contributed by atoms with Gasteiger partial charge in [0.15, 0.2) is 11.5 Å². The molecule has 0 atom stereocenters. The predicted molar refractivity (Wildman–Crippen MR) is 90.0 cm³/mol. The van der Waals surface area contributed by atoms with Crippen molar-refractivity contribution in [3.63, 3.8) is 0 Å². The van der Waals surface area contributed by atoms with Gasteiger partial charge in [-0.1, -0.05) is 12.8 Å². The minimum absolute atomic E-state index is 0.0414. The van der Waals surface area contributed by atoms with Crippen LogP contribution in [-0.4, -0.2) is 31.9 Å². The molecule has 0 saturated carbocycles. The number of nitrogens with two attached hydrogens (primary N) is 1.